The van der Waals surface area contributed by atoms with Gasteiger partial charge in [0.25, 0.3) is 0 Å². The summed E-state index contributed by atoms with van der Waals surface area (Å²) in [5, 5.41) is 1.14. The highest BCUT2D eigenvalue weighted by Gasteiger charge is 2.08. The lowest BCUT2D eigenvalue weighted by Crippen LogP contribution is -2.00. The van der Waals surface area contributed by atoms with Crippen LogP contribution in [0.5, 0.6) is 0 Å². The molecule has 0 bridgehead atoms. The third-order valence-corrected chi connectivity index (χ3v) is 4.31. The second-order valence-electron chi connectivity index (χ2n) is 4.40. The van der Waals surface area contributed by atoms with Crippen molar-refractivity contribution >= 4 is 27.5 Å². The Hall–Kier alpha value is -1.72. The highest BCUT2D eigenvalue weighted by molar-refractivity contribution is 7.93. The second-order valence-corrected chi connectivity index (χ2v) is 6.70. The van der Waals surface area contributed by atoms with Gasteiger partial charge in [-0.3, -0.25) is 0 Å². The molecule has 0 unspecified atom stereocenters. The number of hydrogen-bond acceptors (Lipinski definition) is 2. The number of sulfone groups is 1. The van der Waals surface area contributed by atoms with Crippen molar-refractivity contribution in [2.24, 2.45) is 0 Å². The molecule has 0 amide bonds. The van der Waals surface area contributed by atoms with E-state index >= 15 is 0 Å². The average molecular weight is 329 g/mol. The summed E-state index contributed by atoms with van der Waals surface area (Å²) in [6.07, 6.45) is 1.31. The smallest absolute Gasteiger partial charge is 0.175 e. The molecule has 2 rings (SSSR count). The van der Waals surface area contributed by atoms with Crippen molar-refractivity contribution in [2.45, 2.75) is 5.75 Å². The van der Waals surface area contributed by atoms with E-state index in [9.17, 15) is 17.2 Å². The zero-order valence-electron chi connectivity index (χ0n) is 10.8. The summed E-state index contributed by atoms with van der Waals surface area (Å²) in [5.41, 5.74) is 0.881. The molecule has 2 nitrogen and oxygen atoms in total. The summed E-state index contributed by atoms with van der Waals surface area (Å²) >= 11 is 5.81. The first kappa shape index (κ1) is 15.7. The first-order valence-corrected chi connectivity index (χ1v) is 8.05. The van der Waals surface area contributed by atoms with Gasteiger partial charge in [0, 0.05) is 5.41 Å². The van der Waals surface area contributed by atoms with Gasteiger partial charge in [-0.25, -0.2) is 17.2 Å². The van der Waals surface area contributed by atoms with E-state index in [1.54, 1.807) is 0 Å². The zero-order chi connectivity index (χ0) is 15.5. The molecule has 0 aliphatic heterocycles. The second kappa shape index (κ2) is 6.37. The Kier molecular flexibility index (Phi) is 4.75. The maximum Gasteiger partial charge on any atom is 0.175 e. The number of hydrogen-bond donors (Lipinski definition) is 0. The molecule has 110 valence electrons. The Balaban J connectivity index is 2.16. The molecule has 0 aliphatic rings. The Morgan fingerprint density at radius 2 is 1.62 bits per heavy atom. The third-order valence-electron chi connectivity index (χ3n) is 2.70. The van der Waals surface area contributed by atoms with Crippen LogP contribution in [-0.2, 0) is 15.6 Å². The quantitative estimate of drug-likeness (QED) is 0.842. The van der Waals surface area contributed by atoms with Gasteiger partial charge in [-0.15, -0.1) is 0 Å². The fraction of sp³-hybridized carbons (Fsp3) is 0.0667. The Morgan fingerprint density at radius 3 is 2.24 bits per heavy atom. The van der Waals surface area contributed by atoms with Crippen LogP contribution in [0.15, 0.2) is 47.9 Å². The molecule has 21 heavy (non-hydrogen) atoms. The Morgan fingerprint density at radius 1 is 1.00 bits per heavy atom. The van der Waals surface area contributed by atoms with Gasteiger partial charge in [0.15, 0.2) is 9.84 Å². The molecule has 0 aromatic heterocycles. The van der Waals surface area contributed by atoms with E-state index in [-0.39, 0.29) is 10.8 Å². The van der Waals surface area contributed by atoms with Gasteiger partial charge < -0.3 is 0 Å². The van der Waals surface area contributed by atoms with Crippen LogP contribution in [0.2, 0.25) is 5.02 Å². The first-order chi connectivity index (χ1) is 9.85. The first-order valence-electron chi connectivity index (χ1n) is 5.96. The van der Waals surface area contributed by atoms with Gasteiger partial charge in [-0.1, -0.05) is 29.8 Å². The highest BCUT2D eigenvalue weighted by Crippen LogP contribution is 2.19. The molecule has 0 N–H and O–H groups in total. The normalized spacial score (nSPS) is 12.0. The van der Waals surface area contributed by atoms with Crippen molar-refractivity contribution in [2.75, 3.05) is 0 Å². The predicted octanol–water partition coefficient (Wildman–Crippen LogP) is 4.20. The van der Waals surface area contributed by atoms with Crippen LogP contribution in [0.1, 0.15) is 11.1 Å². The van der Waals surface area contributed by atoms with E-state index in [1.807, 2.05) is 0 Å². The minimum Gasteiger partial charge on any atom is -0.224 e. The molecule has 0 saturated heterocycles. The molecule has 0 atom stereocenters. The maximum atomic E-state index is 12.9. The van der Waals surface area contributed by atoms with Crippen molar-refractivity contribution in [3.8, 4) is 0 Å². The van der Waals surface area contributed by atoms with Crippen molar-refractivity contribution in [3.05, 3.63) is 75.7 Å². The summed E-state index contributed by atoms with van der Waals surface area (Å²) in [6, 6.07) is 8.90. The minimum atomic E-state index is -3.53. The number of rotatable bonds is 4. The van der Waals surface area contributed by atoms with E-state index < -0.39 is 21.5 Å². The lowest BCUT2D eigenvalue weighted by atomic mass is 10.2. The lowest BCUT2D eigenvalue weighted by molar-refractivity contribution is 0.603. The van der Waals surface area contributed by atoms with E-state index in [4.69, 9.17) is 11.6 Å². The van der Waals surface area contributed by atoms with Crippen LogP contribution in [0.25, 0.3) is 6.08 Å². The standard InChI is InChI=1S/C15H11ClF2O2S/c16-15-9-14(18)6-3-12(15)7-8-21(19,20)10-11-1-4-13(17)5-2-11/h1-9H,10H2/b8-7+. The molecule has 0 fully saturated rings. The van der Waals surface area contributed by atoms with E-state index in [0.29, 0.717) is 11.1 Å². The van der Waals surface area contributed by atoms with Crippen LogP contribution >= 0.6 is 11.6 Å². The monoisotopic (exact) mass is 328 g/mol. The van der Waals surface area contributed by atoms with Crippen molar-refractivity contribution < 1.29 is 17.2 Å². The molecule has 2 aromatic carbocycles. The van der Waals surface area contributed by atoms with Crippen LogP contribution < -0.4 is 0 Å². The molecule has 0 saturated carbocycles. The van der Waals surface area contributed by atoms with Gasteiger partial charge in [0.2, 0.25) is 0 Å². The summed E-state index contributed by atoms with van der Waals surface area (Å²) < 4.78 is 49.5. The van der Waals surface area contributed by atoms with Crippen LogP contribution in [0, 0.1) is 11.6 Å². The molecule has 0 aliphatic carbocycles. The molecule has 6 heteroatoms. The third kappa shape index (κ3) is 4.65. The van der Waals surface area contributed by atoms with Crippen LogP contribution in [0.4, 0.5) is 8.78 Å². The van der Waals surface area contributed by atoms with Crippen molar-refractivity contribution in [1.82, 2.24) is 0 Å². The highest BCUT2D eigenvalue weighted by atomic mass is 35.5. The largest absolute Gasteiger partial charge is 0.224 e. The van der Waals surface area contributed by atoms with Crippen molar-refractivity contribution in [1.29, 1.82) is 0 Å². The molecule has 0 spiro atoms. The Bertz CT molecular complexity index is 769. The number of halogens is 3. The summed E-state index contributed by atoms with van der Waals surface area (Å²) in [7, 11) is -3.53. The topological polar surface area (TPSA) is 34.1 Å². The van der Waals surface area contributed by atoms with Gasteiger partial charge in [0.1, 0.15) is 11.6 Å². The van der Waals surface area contributed by atoms with Gasteiger partial charge in [-0.2, -0.15) is 0 Å². The summed E-state index contributed by atoms with van der Waals surface area (Å²) in [5.74, 6) is -1.17. The van der Waals surface area contributed by atoms with Crippen LogP contribution in [0.3, 0.4) is 0 Å². The van der Waals surface area contributed by atoms with Crippen molar-refractivity contribution in [3.63, 3.8) is 0 Å². The summed E-state index contributed by atoms with van der Waals surface area (Å²) in [6.45, 7) is 0. The zero-order valence-corrected chi connectivity index (χ0v) is 12.3. The fourth-order valence-electron chi connectivity index (χ4n) is 1.67. The van der Waals surface area contributed by atoms with Crippen LogP contribution in [-0.4, -0.2) is 8.42 Å². The molecule has 0 heterocycles. The molecule has 2 aromatic rings. The molecule has 0 radical (unpaired) electrons. The van der Waals surface area contributed by atoms with E-state index in [1.165, 1.54) is 42.5 Å². The molecular formula is C15H11ClF2O2S. The summed E-state index contributed by atoms with van der Waals surface area (Å²) in [4.78, 5) is 0. The minimum absolute atomic E-state index is 0.128. The number of benzene rings is 2. The SMILES string of the molecule is O=S(=O)(/C=C/c1ccc(F)cc1Cl)Cc1ccc(F)cc1. The average Bonchev–Trinajstić information content (AvgIpc) is 2.40. The molecular weight excluding hydrogens is 318 g/mol. The lowest BCUT2D eigenvalue weighted by Gasteiger charge is -2.01. The van der Waals surface area contributed by atoms with Gasteiger partial charge in [-0.05, 0) is 41.5 Å². The van der Waals surface area contributed by atoms with Gasteiger partial charge >= 0.3 is 0 Å². The van der Waals surface area contributed by atoms with E-state index in [2.05, 4.69) is 0 Å². The predicted molar refractivity (Wildman–Crippen MR) is 79.5 cm³/mol. The maximum absolute atomic E-state index is 12.9. The Labute approximate surface area is 126 Å². The fourth-order valence-corrected chi connectivity index (χ4v) is 3.01. The van der Waals surface area contributed by atoms with E-state index in [0.717, 1.165) is 11.5 Å². The van der Waals surface area contributed by atoms with Gasteiger partial charge in [0.05, 0.1) is 10.8 Å².